The smallest absolute Gasteiger partial charge is 0.462 e. The molecule has 0 saturated heterocycles. The summed E-state index contributed by atoms with van der Waals surface area (Å²) in [4.78, 5) is 35.0. The third kappa shape index (κ3) is 38.9. The number of esters is 2. The molecule has 5 unspecified atom stereocenters. The summed E-state index contributed by atoms with van der Waals surface area (Å²) in [7, 11) is -4.69. The zero-order valence-corrected chi connectivity index (χ0v) is 35.9. The van der Waals surface area contributed by atoms with E-state index in [4.69, 9.17) is 19.1 Å². The van der Waals surface area contributed by atoms with Crippen LogP contribution < -0.4 is 0 Å². The van der Waals surface area contributed by atoms with Gasteiger partial charge in [0, 0.05) is 12.8 Å². The summed E-state index contributed by atoms with van der Waals surface area (Å²) in [5, 5.41) is 38.6. The molecule has 330 valence electrons. The van der Waals surface area contributed by atoms with Gasteiger partial charge in [-0.1, -0.05) is 164 Å². The minimum Gasteiger partial charge on any atom is -0.462 e. The normalized spacial score (nSPS) is 15.6. The van der Waals surface area contributed by atoms with Gasteiger partial charge in [-0.2, -0.15) is 0 Å². The molecular weight excluding hydrogens is 751 g/mol. The first kappa shape index (κ1) is 54.6. The number of phosphoric ester groups is 1. The van der Waals surface area contributed by atoms with E-state index in [1.807, 2.05) is 12.2 Å². The Hall–Kier alpha value is -2.41. The van der Waals surface area contributed by atoms with Gasteiger partial charge in [0.25, 0.3) is 0 Å². The molecule has 0 aliphatic heterocycles. The first-order valence-corrected chi connectivity index (χ1v) is 23.0. The molecule has 0 saturated carbocycles. The summed E-state index contributed by atoms with van der Waals surface area (Å²) < 4.78 is 32.5. The topological polar surface area (TPSA) is 189 Å². The van der Waals surface area contributed by atoms with Gasteiger partial charge in [0.05, 0.1) is 32.0 Å². The van der Waals surface area contributed by atoms with Crippen molar-refractivity contribution >= 4 is 19.8 Å². The van der Waals surface area contributed by atoms with Crippen LogP contribution in [0.5, 0.6) is 0 Å². The largest absolute Gasteiger partial charge is 0.472 e. The van der Waals surface area contributed by atoms with E-state index in [0.717, 1.165) is 32.1 Å². The summed E-state index contributed by atoms with van der Waals surface area (Å²) >= 11 is 0. The molecule has 0 amide bonds. The van der Waals surface area contributed by atoms with Crippen LogP contribution in [0.3, 0.4) is 0 Å². The number of hydrogen-bond donors (Lipinski definition) is 5. The Kier molecular flexibility index (Phi) is 37.4. The molecule has 0 bridgehead atoms. The lowest BCUT2D eigenvalue weighted by Gasteiger charge is -2.20. The third-order valence-electron chi connectivity index (χ3n) is 8.88. The van der Waals surface area contributed by atoms with Gasteiger partial charge in [-0.3, -0.25) is 18.6 Å². The SMILES string of the molecule is CC/C=C\C/C=C\CC(O)/C=C/C=C\C=C\C(O)CCCC(=O)OC(COC(=O)CCCCCCCCCCCCCCCCC)COP(=O)(O)OCC(O)CO. The molecule has 0 aliphatic rings. The maximum absolute atomic E-state index is 12.6. The van der Waals surface area contributed by atoms with Crippen molar-refractivity contribution in [3.05, 3.63) is 60.8 Å². The van der Waals surface area contributed by atoms with Crippen molar-refractivity contribution < 1.29 is 58.0 Å². The fraction of sp³-hybridized carbons (Fsp3) is 0.727. The Morgan fingerprint density at radius 2 is 1.14 bits per heavy atom. The van der Waals surface area contributed by atoms with E-state index in [-0.39, 0.29) is 25.7 Å². The number of aliphatic hydroxyl groups excluding tert-OH is 4. The Morgan fingerprint density at radius 3 is 1.72 bits per heavy atom. The van der Waals surface area contributed by atoms with E-state index in [0.29, 0.717) is 12.8 Å². The van der Waals surface area contributed by atoms with Crippen molar-refractivity contribution in [1.82, 2.24) is 0 Å². The second-order valence-corrected chi connectivity index (χ2v) is 15.8. The number of carbonyl (C=O) groups excluding carboxylic acids is 2. The minimum absolute atomic E-state index is 0.0791. The van der Waals surface area contributed by atoms with Gasteiger partial charge in [-0.25, -0.2) is 4.57 Å². The van der Waals surface area contributed by atoms with Crippen LogP contribution >= 0.6 is 7.82 Å². The molecule has 0 aliphatic carbocycles. The summed E-state index contributed by atoms with van der Waals surface area (Å²) in [6, 6.07) is 0. The highest BCUT2D eigenvalue weighted by Crippen LogP contribution is 2.43. The average Bonchev–Trinajstić information content (AvgIpc) is 3.19. The van der Waals surface area contributed by atoms with Crippen LogP contribution in [0, 0.1) is 0 Å². The summed E-state index contributed by atoms with van der Waals surface area (Å²) in [5.74, 6) is -1.17. The molecular formula is C44H77O12P. The van der Waals surface area contributed by atoms with Gasteiger partial charge in [-0.05, 0) is 38.5 Å². The fourth-order valence-electron chi connectivity index (χ4n) is 5.52. The van der Waals surface area contributed by atoms with E-state index in [9.17, 15) is 34.4 Å². The average molecular weight is 829 g/mol. The van der Waals surface area contributed by atoms with E-state index in [1.165, 1.54) is 70.6 Å². The predicted molar refractivity (Wildman–Crippen MR) is 226 cm³/mol. The molecule has 0 aromatic heterocycles. The van der Waals surface area contributed by atoms with Crippen molar-refractivity contribution in [1.29, 1.82) is 0 Å². The number of allylic oxidation sites excluding steroid dienone is 7. The first-order chi connectivity index (χ1) is 27.5. The highest BCUT2D eigenvalue weighted by atomic mass is 31.2. The Labute approximate surface area is 343 Å². The molecule has 0 rings (SSSR count). The van der Waals surface area contributed by atoms with Gasteiger partial charge in [0.1, 0.15) is 12.7 Å². The zero-order valence-electron chi connectivity index (χ0n) is 35.0. The van der Waals surface area contributed by atoms with Crippen LogP contribution in [0.25, 0.3) is 0 Å². The lowest BCUT2D eigenvalue weighted by molar-refractivity contribution is -0.161. The van der Waals surface area contributed by atoms with Crippen LogP contribution in [-0.2, 0) is 32.7 Å². The monoisotopic (exact) mass is 829 g/mol. The van der Waals surface area contributed by atoms with E-state index < -0.39 is 70.6 Å². The Balaban J connectivity index is 4.57. The fourth-order valence-corrected chi connectivity index (χ4v) is 6.31. The Bertz CT molecular complexity index is 1170. The second-order valence-electron chi connectivity index (χ2n) is 14.4. The lowest BCUT2D eigenvalue weighted by Crippen LogP contribution is -2.30. The molecule has 57 heavy (non-hydrogen) atoms. The lowest BCUT2D eigenvalue weighted by atomic mass is 10.0. The predicted octanol–water partition coefficient (Wildman–Crippen LogP) is 9.05. The zero-order chi connectivity index (χ0) is 42.2. The van der Waals surface area contributed by atoms with Crippen LogP contribution in [0.15, 0.2) is 60.8 Å². The molecule has 0 heterocycles. The maximum Gasteiger partial charge on any atom is 0.472 e. The number of aliphatic hydroxyl groups is 4. The quantitative estimate of drug-likeness (QED) is 0.0130. The molecule has 13 heteroatoms. The molecule has 5 atom stereocenters. The third-order valence-corrected chi connectivity index (χ3v) is 9.83. The molecule has 0 aromatic carbocycles. The number of phosphoric acid groups is 1. The molecule has 12 nitrogen and oxygen atoms in total. The summed E-state index contributed by atoms with van der Waals surface area (Å²) in [5.41, 5.74) is 0. The second kappa shape index (κ2) is 39.1. The number of ether oxygens (including phenoxy) is 2. The van der Waals surface area contributed by atoms with Gasteiger partial charge in [-0.15, -0.1) is 0 Å². The number of hydrogen-bond acceptors (Lipinski definition) is 11. The van der Waals surface area contributed by atoms with Gasteiger partial charge >= 0.3 is 19.8 Å². The summed E-state index contributed by atoms with van der Waals surface area (Å²) in [6.45, 7) is 1.94. The molecule has 0 aromatic rings. The van der Waals surface area contributed by atoms with Crippen molar-refractivity contribution in [3.8, 4) is 0 Å². The molecule has 5 N–H and O–H groups in total. The van der Waals surface area contributed by atoms with Gasteiger partial charge in [0.2, 0.25) is 0 Å². The standard InChI is InChI=1S/C44H77O12P/c1-3-5-7-9-11-12-13-14-15-16-17-18-19-21-27-33-43(49)53-37-42(38-55-57(51,52)54-36-41(48)35-45)56-44(50)34-28-32-40(47)31-26-23-22-25-30-39(46)29-24-20-10-8-6-4-2/h6,8,20,22-26,30-31,39-42,45-48H,3-5,7,9-19,21,27-29,32-38H2,1-2H3,(H,51,52)/b8-6-,23-22-,24-20-,30-25+,31-26+. The Morgan fingerprint density at radius 1 is 0.614 bits per heavy atom. The molecule has 0 fully saturated rings. The van der Waals surface area contributed by atoms with Crippen LogP contribution in [0.1, 0.15) is 155 Å². The van der Waals surface area contributed by atoms with Crippen molar-refractivity contribution in [3.63, 3.8) is 0 Å². The number of unbranched alkanes of at least 4 members (excludes halogenated alkanes) is 14. The van der Waals surface area contributed by atoms with Gasteiger partial charge in [0.15, 0.2) is 6.10 Å². The van der Waals surface area contributed by atoms with Crippen LogP contribution in [0.2, 0.25) is 0 Å². The number of carbonyl (C=O) groups is 2. The first-order valence-electron chi connectivity index (χ1n) is 21.5. The molecule has 0 spiro atoms. The molecule has 0 radical (unpaired) electrons. The number of rotatable bonds is 39. The van der Waals surface area contributed by atoms with Crippen molar-refractivity contribution in [2.45, 2.75) is 180 Å². The minimum atomic E-state index is -4.69. The summed E-state index contributed by atoms with van der Waals surface area (Å²) in [6.07, 6.45) is 35.3. The van der Waals surface area contributed by atoms with Crippen LogP contribution in [-0.4, -0.2) is 88.1 Å². The van der Waals surface area contributed by atoms with Crippen molar-refractivity contribution in [2.75, 3.05) is 26.4 Å². The van der Waals surface area contributed by atoms with Crippen LogP contribution in [0.4, 0.5) is 0 Å². The van der Waals surface area contributed by atoms with E-state index in [1.54, 1.807) is 36.5 Å². The highest BCUT2D eigenvalue weighted by molar-refractivity contribution is 7.47. The van der Waals surface area contributed by atoms with Crippen molar-refractivity contribution in [2.24, 2.45) is 0 Å². The highest BCUT2D eigenvalue weighted by Gasteiger charge is 2.27. The van der Waals surface area contributed by atoms with E-state index in [2.05, 4.69) is 30.5 Å². The van der Waals surface area contributed by atoms with E-state index >= 15 is 0 Å². The van der Waals surface area contributed by atoms with Gasteiger partial charge < -0.3 is 34.8 Å². The maximum atomic E-state index is 12.6.